The third-order valence-electron chi connectivity index (χ3n) is 6.42. The summed E-state index contributed by atoms with van der Waals surface area (Å²) in [6, 6.07) is 12.3. The minimum Gasteiger partial charge on any atom is -0.378 e. The largest absolute Gasteiger partial charge is 0.378 e. The van der Waals surface area contributed by atoms with Crippen molar-refractivity contribution in [3.8, 4) is 11.8 Å². The number of nitrogens with zero attached hydrogens (tertiary/aromatic N) is 2. The van der Waals surface area contributed by atoms with E-state index in [1.807, 2.05) is 26.0 Å². The molecular weight excluding hydrogens is 499 g/mol. The van der Waals surface area contributed by atoms with Gasteiger partial charge in [-0.05, 0) is 57.9 Å². The van der Waals surface area contributed by atoms with Gasteiger partial charge in [0, 0.05) is 29.3 Å². The lowest BCUT2D eigenvalue weighted by Gasteiger charge is -2.41. The van der Waals surface area contributed by atoms with Crippen molar-refractivity contribution < 1.29 is 14.3 Å². The van der Waals surface area contributed by atoms with Gasteiger partial charge in [-0.2, -0.15) is 0 Å². The summed E-state index contributed by atoms with van der Waals surface area (Å²) in [6.45, 7) is 6.15. The highest BCUT2D eigenvalue weighted by molar-refractivity contribution is 6.35. The Morgan fingerprint density at radius 3 is 2.75 bits per heavy atom. The van der Waals surface area contributed by atoms with Gasteiger partial charge in [0.25, 0.3) is 5.91 Å². The molecule has 0 aromatic heterocycles. The minimum atomic E-state index is -0.955. The molecule has 2 aliphatic heterocycles. The zero-order valence-electron chi connectivity index (χ0n) is 20.5. The van der Waals surface area contributed by atoms with Gasteiger partial charge < -0.3 is 15.8 Å². The molecule has 0 saturated carbocycles. The van der Waals surface area contributed by atoms with Crippen LogP contribution >= 0.6 is 24.0 Å². The number of hydrogen-bond acceptors (Lipinski definition) is 5. The minimum absolute atomic E-state index is 0. The van der Waals surface area contributed by atoms with E-state index in [-0.39, 0.29) is 48.7 Å². The van der Waals surface area contributed by atoms with Gasteiger partial charge in [-0.1, -0.05) is 35.7 Å². The van der Waals surface area contributed by atoms with Gasteiger partial charge in [-0.3, -0.25) is 14.5 Å². The predicted octanol–water partition coefficient (Wildman–Crippen LogP) is 4.72. The van der Waals surface area contributed by atoms with Crippen LogP contribution in [-0.2, 0) is 15.1 Å². The van der Waals surface area contributed by atoms with Gasteiger partial charge in [-0.15, -0.1) is 18.3 Å². The summed E-state index contributed by atoms with van der Waals surface area (Å²) in [4.78, 5) is 32.5. The molecule has 2 amide bonds. The lowest BCUT2D eigenvalue weighted by Crippen LogP contribution is -2.56. The van der Waals surface area contributed by atoms with Crippen LogP contribution in [-0.4, -0.2) is 41.4 Å². The molecule has 0 aliphatic carbocycles. The molecule has 3 atom stereocenters. The first-order valence-corrected chi connectivity index (χ1v) is 12.0. The predicted molar refractivity (Wildman–Crippen MR) is 145 cm³/mol. The van der Waals surface area contributed by atoms with Crippen LogP contribution in [0.1, 0.15) is 61.5 Å². The number of benzene rings is 2. The van der Waals surface area contributed by atoms with E-state index in [9.17, 15) is 9.59 Å². The highest BCUT2D eigenvalue weighted by atomic mass is 35.5. The maximum absolute atomic E-state index is 13.2. The zero-order chi connectivity index (χ0) is 25.2. The maximum atomic E-state index is 13.2. The quantitative estimate of drug-likeness (QED) is 0.561. The summed E-state index contributed by atoms with van der Waals surface area (Å²) < 4.78 is 5.61. The second-order valence-corrected chi connectivity index (χ2v) is 9.50. The van der Waals surface area contributed by atoms with E-state index in [1.165, 1.54) is 0 Å². The summed E-state index contributed by atoms with van der Waals surface area (Å²) in [5, 5.41) is 3.20. The lowest BCUT2D eigenvalue weighted by atomic mass is 9.86. The molecule has 0 spiro atoms. The molecule has 190 valence electrons. The summed E-state index contributed by atoms with van der Waals surface area (Å²) in [6.07, 6.45) is 1.61. The van der Waals surface area contributed by atoms with Crippen molar-refractivity contribution in [1.29, 1.82) is 0 Å². The Labute approximate surface area is 222 Å². The summed E-state index contributed by atoms with van der Waals surface area (Å²) in [7, 11) is 0. The molecule has 7 nitrogen and oxygen atoms in total. The highest BCUT2D eigenvalue weighted by Crippen LogP contribution is 2.41. The van der Waals surface area contributed by atoms with Crippen molar-refractivity contribution >= 4 is 47.5 Å². The van der Waals surface area contributed by atoms with Crippen molar-refractivity contribution in [3.63, 3.8) is 0 Å². The molecule has 2 aliphatic rings. The Bertz CT molecular complexity index is 1250. The Kier molecular flexibility index (Phi) is 8.67. The molecular formula is C27H30Cl2N4O3. The first-order chi connectivity index (χ1) is 16.7. The average Bonchev–Trinajstić information content (AvgIpc) is 2.80. The maximum Gasteiger partial charge on any atom is 0.255 e. The van der Waals surface area contributed by atoms with E-state index < -0.39 is 5.54 Å². The molecule has 2 heterocycles. The van der Waals surface area contributed by atoms with Crippen LogP contribution in [0.25, 0.3) is 0 Å². The molecule has 4 rings (SSSR count). The van der Waals surface area contributed by atoms with Crippen molar-refractivity contribution in [2.45, 2.75) is 57.7 Å². The van der Waals surface area contributed by atoms with Crippen molar-refractivity contribution in [3.05, 3.63) is 64.2 Å². The van der Waals surface area contributed by atoms with Crippen LogP contribution in [0, 0.1) is 11.8 Å². The first kappa shape index (κ1) is 27.5. The van der Waals surface area contributed by atoms with Gasteiger partial charge in [0.1, 0.15) is 0 Å². The zero-order valence-corrected chi connectivity index (χ0v) is 22.1. The lowest BCUT2D eigenvalue weighted by molar-refractivity contribution is -0.133. The van der Waals surface area contributed by atoms with E-state index in [1.54, 1.807) is 42.2 Å². The van der Waals surface area contributed by atoms with E-state index in [0.29, 0.717) is 34.9 Å². The van der Waals surface area contributed by atoms with Crippen molar-refractivity contribution in [1.82, 2.24) is 4.90 Å². The van der Waals surface area contributed by atoms with Crippen LogP contribution in [0.2, 0.25) is 5.02 Å². The second kappa shape index (κ2) is 11.3. The Hall–Kier alpha value is -3.05. The fourth-order valence-corrected chi connectivity index (χ4v) is 5.11. The number of halogens is 2. The number of carbonyl (C=O) groups excluding carboxylic acids is 2. The third-order valence-corrected chi connectivity index (χ3v) is 6.82. The number of aliphatic imine (C=N–C) groups is 1. The number of amides is 2. The Morgan fingerprint density at radius 2 is 2.06 bits per heavy atom. The third kappa shape index (κ3) is 5.67. The van der Waals surface area contributed by atoms with Crippen molar-refractivity contribution in [2.75, 3.05) is 11.9 Å². The van der Waals surface area contributed by atoms with Crippen LogP contribution in [0.5, 0.6) is 0 Å². The average molecular weight is 529 g/mol. The van der Waals surface area contributed by atoms with Crippen LogP contribution in [0.3, 0.4) is 0 Å². The molecule has 1 saturated heterocycles. The number of anilines is 1. The SMILES string of the molecule is CC#Cc1cccc(C(=O)Nc2cccc([C@]3(C)CC(=O)N([C@@H]4CCO[C@H](C)C4)C(N)=N3)c2Cl)c1.Cl. The topological polar surface area (TPSA) is 97.0 Å². The summed E-state index contributed by atoms with van der Waals surface area (Å²) in [5.41, 5.74) is 7.65. The second-order valence-electron chi connectivity index (χ2n) is 9.12. The molecule has 3 N–H and O–H groups in total. The molecule has 1 fully saturated rings. The number of nitrogens with two attached hydrogens (primary N) is 1. The summed E-state index contributed by atoms with van der Waals surface area (Å²) >= 11 is 6.76. The molecule has 0 bridgehead atoms. The van der Waals surface area contributed by atoms with Gasteiger partial charge >= 0.3 is 0 Å². The van der Waals surface area contributed by atoms with Crippen LogP contribution in [0.4, 0.5) is 5.69 Å². The number of carbonyl (C=O) groups is 2. The Balaban J connectivity index is 0.00000361. The van der Waals surface area contributed by atoms with Crippen LogP contribution < -0.4 is 11.1 Å². The number of rotatable bonds is 4. The molecule has 36 heavy (non-hydrogen) atoms. The number of guanidine groups is 1. The molecule has 9 heteroatoms. The van der Waals surface area contributed by atoms with Crippen LogP contribution in [0.15, 0.2) is 47.5 Å². The van der Waals surface area contributed by atoms with Gasteiger partial charge in [0.15, 0.2) is 5.96 Å². The van der Waals surface area contributed by atoms with E-state index in [2.05, 4.69) is 17.2 Å². The van der Waals surface area contributed by atoms with E-state index in [0.717, 1.165) is 12.0 Å². The number of ether oxygens (including phenoxy) is 1. The monoisotopic (exact) mass is 528 g/mol. The summed E-state index contributed by atoms with van der Waals surface area (Å²) in [5.74, 6) is 5.55. The van der Waals surface area contributed by atoms with Gasteiger partial charge in [0.05, 0.1) is 28.8 Å². The fraction of sp³-hybridized carbons (Fsp3) is 0.370. The van der Waals surface area contributed by atoms with Gasteiger partial charge in [0.2, 0.25) is 5.91 Å². The molecule has 2 aromatic rings. The van der Waals surface area contributed by atoms with E-state index >= 15 is 0 Å². The normalized spacial score (nSPS) is 23.6. The first-order valence-electron chi connectivity index (χ1n) is 11.6. The Morgan fingerprint density at radius 1 is 1.31 bits per heavy atom. The number of nitrogens with one attached hydrogen (secondary N) is 1. The molecule has 2 aromatic carbocycles. The molecule has 0 unspecified atom stereocenters. The smallest absolute Gasteiger partial charge is 0.255 e. The number of hydrogen-bond donors (Lipinski definition) is 2. The standard InChI is InChI=1S/C27H29ClN4O3.ClH/c1-4-7-18-8-5-9-19(15-18)25(34)30-22-11-6-10-21(24(22)28)27(3)16-23(33)32(26(29)31-27)20-12-13-35-17(2)14-20;/h5-6,8-11,15,17,20H,12-14,16H2,1-3H3,(H2,29,31)(H,30,34);1H/t17-,20-,27+;/m1./s1. The fourth-order valence-electron chi connectivity index (χ4n) is 4.73. The molecule has 0 radical (unpaired) electrons. The van der Waals surface area contributed by atoms with Crippen molar-refractivity contribution in [2.24, 2.45) is 10.7 Å². The van der Waals surface area contributed by atoms with Gasteiger partial charge in [-0.25, -0.2) is 4.99 Å². The highest BCUT2D eigenvalue weighted by Gasteiger charge is 2.42. The van der Waals surface area contributed by atoms with E-state index in [4.69, 9.17) is 27.1 Å².